The Morgan fingerprint density at radius 2 is 1.26 bits per heavy atom. The van der Waals surface area contributed by atoms with Crippen molar-refractivity contribution in [3.63, 3.8) is 0 Å². The molecule has 0 saturated carbocycles. The number of fused-ring (bicyclic) bond motifs is 4. The van der Waals surface area contributed by atoms with E-state index in [0.717, 1.165) is 68.2 Å². The number of nitrogens with one attached hydrogen (secondary N) is 4. The van der Waals surface area contributed by atoms with Crippen molar-refractivity contribution < 1.29 is 33.1 Å². The minimum atomic E-state index is -0.659. The molecule has 0 radical (unpaired) electrons. The van der Waals surface area contributed by atoms with E-state index in [-0.39, 0.29) is 38.0 Å². The molecular formula is C38H42N8O7. The number of methoxy groups -OCH3 is 2. The Bertz CT molecular complexity index is 2270. The van der Waals surface area contributed by atoms with Gasteiger partial charge in [0, 0.05) is 29.4 Å². The van der Waals surface area contributed by atoms with Gasteiger partial charge in [0.05, 0.1) is 50.2 Å². The summed E-state index contributed by atoms with van der Waals surface area (Å²) in [6.45, 7) is 5.22. The molecule has 3 aromatic carbocycles. The lowest BCUT2D eigenvalue weighted by atomic mass is 10.0. The highest BCUT2D eigenvalue weighted by atomic mass is 16.5. The topological polar surface area (TPSA) is 188 Å². The third-order valence-electron chi connectivity index (χ3n) is 8.79. The van der Waals surface area contributed by atoms with Gasteiger partial charge >= 0.3 is 12.2 Å². The molecule has 3 aromatic heterocycles. The van der Waals surface area contributed by atoms with Gasteiger partial charge in [-0.15, -0.1) is 0 Å². The first-order valence-corrected chi connectivity index (χ1v) is 17.4. The number of carbonyl (C=O) groups excluding carboxylic acids is 4. The summed E-state index contributed by atoms with van der Waals surface area (Å²) in [5.74, 6) is 0.802. The minimum absolute atomic E-state index is 0.159. The zero-order valence-electron chi connectivity index (χ0n) is 30.1. The van der Waals surface area contributed by atoms with E-state index in [0.29, 0.717) is 24.7 Å². The first-order chi connectivity index (χ1) is 25.7. The standard InChI is InChI=1S/C38H42N8O7/c1-5-13-45(35(47)19-40-37(49)51-3)21-33-39-18-30(44-33)25-8-11-27-26-10-7-24(16-31(26)53-32(27)17-25)23-9-12-28-29(15-23)43-34(42-28)22-46(14-6-2)36(48)20-41-38(50)52-4/h7-12,15-18H,5-6,13-14,19-22H2,1-4H3,(H,39,44)(H,40,49)(H,41,50)(H,42,43). The highest BCUT2D eigenvalue weighted by molar-refractivity contribution is 6.07. The highest BCUT2D eigenvalue weighted by Crippen LogP contribution is 2.35. The van der Waals surface area contributed by atoms with Crippen molar-refractivity contribution in [3.05, 3.63) is 72.4 Å². The van der Waals surface area contributed by atoms with Crippen molar-refractivity contribution in [2.24, 2.45) is 0 Å². The first kappa shape index (κ1) is 36.4. The lowest BCUT2D eigenvalue weighted by Gasteiger charge is -2.21. The number of benzene rings is 3. The van der Waals surface area contributed by atoms with Crippen molar-refractivity contribution in [1.29, 1.82) is 0 Å². The molecule has 0 unspecified atom stereocenters. The molecule has 6 aromatic rings. The Morgan fingerprint density at radius 3 is 1.87 bits per heavy atom. The summed E-state index contributed by atoms with van der Waals surface area (Å²) in [4.78, 5) is 67.6. The first-order valence-electron chi connectivity index (χ1n) is 17.4. The van der Waals surface area contributed by atoms with Gasteiger partial charge < -0.3 is 44.3 Å². The zero-order chi connectivity index (χ0) is 37.5. The molecule has 0 aliphatic rings. The largest absolute Gasteiger partial charge is 0.456 e. The Kier molecular flexibility index (Phi) is 11.2. The van der Waals surface area contributed by atoms with E-state index in [4.69, 9.17) is 9.40 Å². The molecule has 53 heavy (non-hydrogen) atoms. The number of amides is 4. The molecule has 6 rings (SSSR count). The van der Waals surface area contributed by atoms with Crippen molar-refractivity contribution in [2.45, 2.75) is 39.8 Å². The number of hydrogen-bond donors (Lipinski definition) is 4. The maximum Gasteiger partial charge on any atom is 0.407 e. The van der Waals surface area contributed by atoms with Gasteiger partial charge in [0.2, 0.25) is 11.8 Å². The molecule has 0 aliphatic carbocycles. The van der Waals surface area contributed by atoms with Crippen LogP contribution >= 0.6 is 0 Å². The Morgan fingerprint density at radius 1 is 0.717 bits per heavy atom. The summed E-state index contributed by atoms with van der Waals surface area (Å²) < 4.78 is 15.5. The molecule has 276 valence electrons. The average Bonchev–Trinajstić information content (AvgIpc) is 3.91. The van der Waals surface area contributed by atoms with E-state index >= 15 is 0 Å². The van der Waals surface area contributed by atoms with Gasteiger partial charge in [0.25, 0.3) is 0 Å². The highest BCUT2D eigenvalue weighted by Gasteiger charge is 2.19. The third-order valence-corrected chi connectivity index (χ3v) is 8.79. The smallest absolute Gasteiger partial charge is 0.407 e. The molecule has 3 heterocycles. The number of hydrogen-bond acceptors (Lipinski definition) is 9. The second-order valence-corrected chi connectivity index (χ2v) is 12.5. The van der Waals surface area contributed by atoms with E-state index in [1.54, 1.807) is 16.0 Å². The van der Waals surface area contributed by atoms with Crippen molar-refractivity contribution in [1.82, 2.24) is 40.4 Å². The van der Waals surface area contributed by atoms with Crippen molar-refractivity contribution in [3.8, 4) is 22.4 Å². The van der Waals surface area contributed by atoms with Gasteiger partial charge in [0.1, 0.15) is 35.9 Å². The summed E-state index contributed by atoms with van der Waals surface area (Å²) in [6.07, 6.45) is 1.92. The van der Waals surface area contributed by atoms with E-state index in [1.165, 1.54) is 14.2 Å². The number of furan rings is 1. The van der Waals surface area contributed by atoms with Gasteiger partial charge in [-0.1, -0.05) is 32.0 Å². The number of carbonyl (C=O) groups is 4. The fraction of sp³-hybridized carbons (Fsp3) is 0.316. The van der Waals surface area contributed by atoms with Crippen LogP contribution in [0.15, 0.2) is 65.2 Å². The third kappa shape index (κ3) is 8.41. The van der Waals surface area contributed by atoms with Crippen LogP contribution in [-0.4, -0.2) is 94.1 Å². The van der Waals surface area contributed by atoms with Crippen LogP contribution in [0.25, 0.3) is 55.4 Å². The second-order valence-electron chi connectivity index (χ2n) is 12.5. The van der Waals surface area contributed by atoms with Gasteiger partial charge in [0.15, 0.2) is 0 Å². The van der Waals surface area contributed by atoms with Crippen LogP contribution in [0.3, 0.4) is 0 Å². The van der Waals surface area contributed by atoms with Crippen molar-refractivity contribution in [2.75, 3.05) is 40.4 Å². The summed E-state index contributed by atoms with van der Waals surface area (Å²) in [7, 11) is 2.50. The number of H-pyrrole nitrogens is 2. The normalized spacial score (nSPS) is 11.2. The van der Waals surface area contributed by atoms with Gasteiger partial charge in [-0.25, -0.2) is 19.6 Å². The molecule has 15 heteroatoms. The number of aromatic amines is 2. The Labute approximate surface area is 305 Å². The molecule has 4 N–H and O–H groups in total. The minimum Gasteiger partial charge on any atom is -0.456 e. The van der Waals surface area contributed by atoms with Gasteiger partial charge in [-0.05, 0) is 60.4 Å². The molecule has 15 nitrogen and oxygen atoms in total. The van der Waals surface area contributed by atoms with Crippen LogP contribution in [0.2, 0.25) is 0 Å². The molecule has 0 bridgehead atoms. The maximum atomic E-state index is 12.8. The molecule has 0 aliphatic heterocycles. The number of aromatic nitrogens is 4. The summed E-state index contributed by atoms with van der Waals surface area (Å²) in [6, 6.07) is 18.1. The van der Waals surface area contributed by atoms with E-state index in [2.05, 4.69) is 47.2 Å². The molecule has 0 saturated heterocycles. The zero-order valence-corrected chi connectivity index (χ0v) is 30.1. The van der Waals surface area contributed by atoms with Crippen molar-refractivity contribution >= 4 is 57.0 Å². The molecule has 0 atom stereocenters. The van der Waals surface area contributed by atoms with Crippen LogP contribution in [0, 0.1) is 0 Å². The number of ether oxygens (including phenoxy) is 2. The van der Waals surface area contributed by atoms with Crippen LogP contribution in [0.4, 0.5) is 9.59 Å². The predicted octanol–water partition coefficient (Wildman–Crippen LogP) is 5.71. The summed E-state index contributed by atoms with van der Waals surface area (Å²) in [5, 5.41) is 6.85. The predicted molar refractivity (Wildman–Crippen MR) is 199 cm³/mol. The average molecular weight is 723 g/mol. The lowest BCUT2D eigenvalue weighted by molar-refractivity contribution is -0.131. The van der Waals surface area contributed by atoms with E-state index in [9.17, 15) is 19.2 Å². The number of imidazole rings is 2. The molecule has 4 amide bonds. The van der Waals surface area contributed by atoms with Crippen LogP contribution in [-0.2, 0) is 32.2 Å². The number of nitrogens with zero attached hydrogens (tertiary/aromatic N) is 4. The summed E-state index contributed by atoms with van der Waals surface area (Å²) in [5.41, 5.74) is 6.70. The van der Waals surface area contributed by atoms with Crippen LogP contribution in [0.1, 0.15) is 38.3 Å². The fourth-order valence-corrected chi connectivity index (χ4v) is 6.18. The van der Waals surface area contributed by atoms with Crippen LogP contribution < -0.4 is 10.6 Å². The summed E-state index contributed by atoms with van der Waals surface area (Å²) >= 11 is 0. The number of rotatable bonds is 14. The van der Waals surface area contributed by atoms with E-state index in [1.807, 2.05) is 56.3 Å². The number of alkyl carbamates (subject to hydrolysis) is 2. The quantitative estimate of drug-likeness (QED) is 0.109. The Balaban J connectivity index is 1.18. The second kappa shape index (κ2) is 16.3. The monoisotopic (exact) mass is 722 g/mol. The van der Waals surface area contributed by atoms with Gasteiger partial charge in [-0.3, -0.25) is 9.59 Å². The Hall–Kier alpha value is -6.38. The molecule has 0 spiro atoms. The SMILES string of the molecule is CCCN(Cc1ncc(-c2ccc3c(c2)oc2cc(-c4ccc5nc(CN(CCC)C(=O)CNC(=O)OC)[nH]c5c4)ccc23)[nH]1)C(=O)CNC(=O)OC. The lowest BCUT2D eigenvalue weighted by Crippen LogP contribution is -2.40. The molecule has 0 fully saturated rings. The van der Waals surface area contributed by atoms with Crippen LogP contribution in [0.5, 0.6) is 0 Å². The fourth-order valence-electron chi connectivity index (χ4n) is 6.18. The van der Waals surface area contributed by atoms with Gasteiger partial charge in [-0.2, -0.15) is 0 Å². The maximum absolute atomic E-state index is 12.8. The molecular weight excluding hydrogens is 680 g/mol. The van der Waals surface area contributed by atoms with E-state index < -0.39 is 12.2 Å².